The van der Waals surface area contributed by atoms with E-state index in [-0.39, 0.29) is 24.1 Å². The molecule has 1 amide bonds. The maximum Gasteiger partial charge on any atom is 0.234 e. The molecule has 2 N–H and O–H groups in total. The molecule has 1 fully saturated rings. The van der Waals surface area contributed by atoms with Gasteiger partial charge in [-0.15, -0.1) is 12.4 Å². The molecule has 0 spiro atoms. The van der Waals surface area contributed by atoms with Gasteiger partial charge in [0, 0.05) is 6.54 Å². The second-order valence-corrected chi connectivity index (χ2v) is 6.00. The van der Waals surface area contributed by atoms with Crippen molar-refractivity contribution in [1.29, 1.82) is 0 Å². The second-order valence-electron chi connectivity index (χ2n) is 6.00. The molecular formula is C17H27ClFN3O. The van der Waals surface area contributed by atoms with Crippen molar-refractivity contribution in [3.8, 4) is 0 Å². The van der Waals surface area contributed by atoms with Crippen LogP contribution < -0.4 is 10.6 Å². The summed E-state index contributed by atoms with van der Waals surface area (Å²) >= 11 is 0. The molecule has 1 aliphatic heterocycles. The van der Waals surface area contributed by atoms with E-state index in [4.69, 9.17) is 0 Å². The molecule has 0 radical (unpaired) electrons. The Balaban J connectivity index is 0.00000264. The smallest absolute Gasteiger partial charge is 0.234 e. The van der Waals surface area contributed by atoms with Crippen LogP contribution in [-0.4, -0.2) is 50.6 Å². The van der Waals surface area contributed by atoms with E-state index in [0.29, 0.717) is 13.1 Å². The van der Waals surface area contributed by atoms with E-state index >= 15 is 0 Å². The molecular weight excluding hydrogens is 317 g/mol. The first-order valence-electron chi connectivity index (χ1n) is 8.05. The predicted octanol–water partition coefficient (Wildman–Crippen LogP) is 1.84. The molecule has 1 saturated heterocycles. The number of nitrogens with zero attached hydrogens (tertiary/aromatic N) is 1. The van der Waals surface area contributed by atoms with Gasteiger partial charge in [-0.25, -0.2) is 4.39 Å². The van der Waals surface area contributed by atoms with Crippen LogP contribution >= 0.6 is 12.4 Å². The number of nitrogens with one attached hydrogen (secondary N) is 2. The van der Waals surface area contributed by atoms with Gasteiger partial charge in [0.15, 0.2) is 0 Å². The largest absolute Gasteiger partial charge is 0.355 e. The number of rotatable bonds is 7. The Kier molecular flexibility index (Phi) is 9.14. The highest BCUT2D eigenvalue weighted by molar-refractivity contribution is 5.85. The molecule has 1 aromatic rings. The maximum atomic E-state index is 12.8. The van der Waals surface area contributed by atoms with E-state index in [1.807, 2.05) is 7.05 Å². The Bertz CT molecular complexity index is 461. The minimum Gasteiger partial charge on any atom is -0.355 e. The molecule has 0 atom stereocenters. The topological polar surface area (TPSA) is 44.4 Å². The summed E-state index contributed by atoms with van der Waals surface area (Å²) in [6.45, 7) is 4.14. The number of hydrogen-bond donors (Lipinski definition) is 2. The Morgan fingerprint density at radius 3 is 2.52 bits per heavy atom. The third kappa shape index (κ3) is 7.29. The standard InChI is InChI=1S/C17H26FN3O.ClH/c1-19-12-15-7-10-21(11-8-15)13-17(22)20-9-6-14-2-4-16(18)5-3-14;/h2-5,15,19H,6-13H2,1H3,(H,20,22);1H. The number of piperidine rings is 1. The van der Waals surface area contributed by atoms with Crippen molar-refractivity contribution in [1.82, 2.24) is 15.5 Å². The van der Waals surface area contributed by atoms with Crippen molar-refractivity contribution in [2.75, 3.05) is 39.8 Å². The highest BCUT2D eigenvalue weighted by Gasteiger charge is 2.19. The fourth-order valence-electron chi connectivity index (χ4n) is 2.89. The normalized spacial score (nSPS) is 15.9. The van der Waals surface area contributed by atoms with Crippen LogP contribution in [0.1, 0.15) is 18.4 Å². The fraction of sp³-hybridized carbons (Fsp3) is 0.588. The summed E-state index contributed by atoms with van der Waals surface area (Å²) < 4.78 is 12.8. The van der Waals surface area contributed by atoms with Gasteiger partial charge < -0.3 is 10.6 Å². The summed E-state index contributed by atoms with van der Waals surface area (Å²) in [5, 5.41) is 6.16. The molecule has 0 aliphatic carbocycles. The Morgan fingerprint density at radius 1 is 1.26 bits per heavy atom. The number of likely N-dealkylation sites (tertiary alicyclic amines) is 1. The Hall–Kier alpha value is -1.17. The minimum absolute atomic E-state index is 0. The molecule has 0 unspecified atom stereocenters. The lowest BCUT2D eigenvalue weighted by atomic mass is 9.97. The van der Waals surface area contributed by atoms with Crippen molar-refractivity contribution in [3.05, 3.63) is 35.6 Å². The van der Waals surface area contributed by atoms with Gasteiger partial charge in [-0.1, -0.05) is 12.1 Å². The van der Waals surface area contributed by atoms with Crippen LogP contribution in [0.5, 0.6) is 0 Å². The molecule has 0 saturated carbocycles. The molecule has 4 nitrogen and oxygen atoms in total. The summed E-state index contributed by atoms with van der Waals surface area (Å²) in [4.78, 5) is 14.2. The Morgan fingerprint density at radius 2 is 1.91 bits per heavy atom. The Labute approximate surface area is 144 Å². The van der Waals surface area contributed by atoms with Crippen molar-refractivity contribution in [2.45, 2.75) is 19.3 Å². The summed E-state index contributed by atoms with van der Waals surface area (Å²) in [6, 6.07) is 6.42. The van der Waals surface area contributed by atoms with Gasteiger partial charge in [-0.3, -0.25) is 9.69 Å². The molecule has 1 aromatic carbocycles. The first-order valence-corrected chi connectivity index (χ1v) is 8.05. The summed E-state index contributed by atoms with van der Waals surface area (Å²) in [5.41, 5.74) is 1.04. The zero-order valence-corrected chi connectivity index (χ0v) is 14.5. The number of carbonyl (C=O) groups excluding carboxylic acids is 1. The lowest BCUT2D eigenvalue weighted by Gasteiger charge is -2.31. The van der Waals surface area contributed by atoms with Crippen LogP contribution in [0.2, 0.25) is 0 Å². The van der Waals surface area contributed by atoms with Crippen molar-refractivity contribution >= 4 is 18.3 Å². The number of halogens is 2. The molecule has 6 heteroatoms. The number of hydrogen-bond acceptors (Lipinski definition) is 3. The number of carbonyl (C=O) groups is 1. The molecule has 0 bridgehead atoms. The van der Waals surface area contributed by atoms with Crippen molar-refractivity contribution < 1.29 is 9.18 Å². The highest BCUT2D eigenvalue weighted by atomic mass is 35.5. The van der Waals surface area contributed by atoms with Crippen LogP contribution in [0, 0.1) is 11.7 Å². The van der Waals surface area contributed by atoms with Gasteiger partial charge in [-0.05, 0) is 69.6 Å². The summed E-state index contributed by atoms with van der Waals surface area (Å²) in [5.74, 6) is 0.589. The second kappa shape index (κ2) is 10.6. The number of benzene rings is 1. The van der Waals surface area contributed by atoms with Gasteiger partial charge in [0.1, 0.15) is 5.82 Å². The molecule has 1 heterocycles. The van der Waals surface area contributed by atoms with Crippen molar-refractivity contribution in [2.24, 2.45) is 5.92 Å². The highest BCUT2D eigenvalue weighted by Crippen LogP contribution is 2.15. The zero-order valence-electron chi connectivity index (χ0n) is 13.7. The quantitative estimate of drug-likeness (QED) is 0.794. The molecule has 2 rings (SSSR count). The summed E-state index contributed by atoms with van der Waals surface area (Å²) in [7, 11) is 1.99. The fourth-order valence-corrected chi connectivity index (χ4v) is 2.89. The zero-order chi connectivity index (χ0) is 15.8. The van der Waals surface area contributed by atoms with Crippen LogP contribution in [0.25, 0.3) is 0 Å². The van der Waals surface area contributed by atoms with Crippen LogP contribution in [0.3, 0.4) is 0 Å². The maximum absolute atomic E-state index is 12.8. The van der Waals surface area contributed by atoms with E-state index in [1.165, 1.54) is 12.1 Å². The van der Waals surface area contributed by atoms with Gasteiger partial charge in [0.05, 0.1) is 6.54 Å². The van der Waals surface area contributed by atoms with Gasteiger partial charge in [-0.2, -0.15) is 0 Å². The molecule has 0 aromatic heterocycles. The van der Waals surface area contributed by atoms with Gasteiger partial charge in [0.25, 0.3) is 0 Å². The van der Waals surface area contributed by atoms with E-state index in [1.54, 1.807) is 12.1 Å². The number of amides is 1. The first kappa shape index (κ1) is 19.9. The van der Waals surface area contributed by atoms with E-state index in [0.717, 1.165) is 50.4 Å². The van der Waals surface area contributed by atoms with Crippen molar-refractivity contribution in [3.63, 3.8) is 0 Å². The average Bonchev–Trinajstić information content (AvgIpc) is 2.51. The van der Waals surface area contributed by atoms with Gasteiger partial charge in [0.2, 0.25) is 5.91 Å². The van der Waals surface area contributed by atoms with E-state index in [2.05, 4.69) is 15.5 Å². The van der Waals surface area contributed by atoms with Crippen LogP contribution in [0.4, 0.5) is 4.39 Å². The van der Waals surface area contributed by atoms with Crippen LogP contribution in [0.15, 0.2) is 24.3 Å². The molecule has 23 heavy (non-hydrogen) atoms. The lowest BCUT2D eigenvalue weighted by Crippen LogP contribution is -2.43. The molecule has 1 aliphatic rings. The first-order chi connectivity index (χ1) is 10.7. The van der Waals surface area contributed by atoms with Crippen LogP contribution in [-0.2, 0) is 11.2 Å². The predicted molar refractivity (Wildman–Crippen MR) is 93.5 cm³/mol. The summed E-state index contributed by atoms with van der Waals surface area (Å²) in [6.07, 6.45) is 3.05. The average molecular weight is 344 g/mol. The third-order valence-electron chi connectivity index (χ3n) is 4.22. The van der Waals surface area contributed by atoms with E-state index in [9.17, 15) is 9.18 Å². The molecule has 130 valence electrons. The monoisotopic (exact) mass is 343 g/mol. The van der Waals surface area contributed by atoms with Gasteiger partial charge >= 0.3 is 0 Å². The third-order valence-corrected chi connectivity index (χ3v) is 4.22. The lowest BCUT2D eigenvalue weighted by molar-refractivity contribution is -0.122. The SMILES string of the molecule is CNCC1CCN(CC(=O)NCCc2ccc(F)cc2)CC1.Cl. The van der Waals surface area contributed by atoms with E-state index < -0.39 is 0 Å². The minimum atomic E-state index is -0.227.